The number of hydrogen-bond acceptors (Lipinski definition) is 7. The number of benzene rings is 1. The second-order valence-electron chi connectivity index (χ2n) is 4.43. The molecule has 1 amide bonds. The SMILES string of the molecule is CCOc1cc(C=NN=C2NC(=O)CS2)cc(Cl)c1OCC(=O)O. The molecule has 0 aromatic heterocycles. The first kappa shape index (κ1) is 18.1. The fourth-order valence-corrected chi connectivity index (χ4v) is 2.63. The van der Waals surface area contributed by atoms with Crippen molar-refractivity contribution < 1.29 is 24.2 Å². The van der Waals surface area contributed by atoms with E-state index in [0.29, 0.717) is 28.8 Å². The van der Waals surface area contributed by atoms with Crippen LogP contribution in [0.1, 0.15) is 12.5 Å². The predicted molar refractivity (Wildman–Crippen MR) is 91.4 cm³/mol. The standard InChI is InChI=1S/C14H14ClN3O5S/c1-2-22-10-4-8(3-9(15)13(10)23-6-12(20)21)5-16-18-14-17-11(19)7-24-14/h3-5H,2,6-7H2,1H3,(H,20,21)(H,17,18,19). The number of carboxylic acid groups (broad SMARTS) is 1. The van der Waals surface area contributed by atoms with E-state index >= 15 is 0 Å². The van der Waals surface area contributed by atoms with Crippen molar-refractivity contribution in [2.75, 3.05) is 19.0 Å². The molecule has 1 aromatic carbocycles. The molecule has 0 saturated carbocycles. The summed E-state index contributed by atoms with van der Waals surface area (Å²) in [6, 6.07) is 3.15. The van der Waals surface area contributed by atoms with Crippen molar-refractivity contribution in [2.45, 2.75) is 6.92 Å². The van der Waals surface area contributed by atoms with E-state index in [9.17, 15) is 9.59 Å². The Morgan fingerprint density at radius 1 is 1.50 bits per heavy atom. The number of carboxylic acids is 1. The van der Waals surface area contributed by atoms with Gasteiger partial charge < -0.3 is 19.9 Å². The number of rotatable bonds is 7. The number of nitrogens with zero attached hydrogens (tertiary/aromatic N) is 2. The predicted octanol–water partition coefficient (Wildman–Crippen LogP) is 1.75. The first-order chi connectivity index (χ1) is 11.5. The van der Waals surface area contributed by atoms with Crippen molar-refractivity contribution in [3.05, 3.63) is 22.7 Å². The first-order valence-corrected chi connectivity index (χ1v) is 8.20. The van der Waals surface area contributed by atoms with E-state index in [4.69, 9.17) is 26.2 Å². The van der Waals surface area contributed by atoms with Crippen molar-refractivity contribution in [2.24, 2.45) is 10.2 Å². The third-order valence-electron chi connectivity index (χ3n) is 2.61. The molecule has 0 aliphatic carbocycles. The molecular weight excluding hydrogens is 358 g/mol. The summed E-state index contributed by atoms with van der Waals surface area (Å²) in [5.41, 5.74) is 0.588. The molecular formula is C14H14ClN3O5S. The number of carbonyl (C=O) groups is 2. The van der Waals surface area contributed by atoms with Crippen LogP contribution in [-0.2, 0) is 9.59 Å². The lowest BCUT2D eigenvalue weighted by atomic mass is 10.2. The Balaban J connectivity index is 2.18. The lowest BCUT2D eigenvalue weighted by Gasteiger charge is -2.13. The van der Waals surface area contributed by atoms with Gasteiger partial charge >= 0.3 is 5.97 Å². The Hall–Kier alpha value is -2.26. The molecule has 1 fully saturated rings. The van der Waals surface area contributed by atoms with Crippen LogP contribution in [0.25, 0.3) is 0 Å². The molecule has 0 unspecified atom stereocenters. The average molecular weight is 372 g/mol. The molecule has 0 spiro atoms. The van der Waals surface area contributed by atoms with E-state index in [-0.39, 0.29) is 16.7 Å². The molecule has 128 valence electrons. The van der Waals surface area contributed by atoms with Gasteiger partial charge in [-0.2, -0.15) is 5.10 Å². The van der Waals surface area contributed by atoms with Gasteiger partial charge in [0, 0.05) is 5.56 Å². The summed E-state index contributed by atoms with van der Waals surface area (Å²) in [5.74, 6) is -0.446. The quantitative estimate of drug-likeness (QED) is 0.558. The number of carbonyl (C=O) groups excluding carboxylic acids is 1. The lowest BCUT2D eigenvalue weighted by Crippen LogP contribution is -2.19. The summed E-state index contributed by atoms with van der Waals surface area (Å²) in [6.07, 6.45) is 1.44. The molecule has 8 nitrogen and oxygen atoms in total. The zero-order chi connectivity index (χ0) is 17.5. The molecule has 0 atom stereocenters. The number of amides is 1. The molecule has 1 heterocycles. The largest absolute Gasteiger partial charge is 0.490 e. The van der Waals surface area contributed by atoms with Crippen LogP contribution in [0.4, 0.5) is 0 Å². The van der Waals surface area contributed by atoms with Gasteiger partial charge in [0.05, 0.1) is 23.6 Å². The van der Waals surface area contributed by atoms with Gasteiger partial charge in [-0.1, -0.05) is 23.4 Å². The van der Waals surface area contributed by atoms with Crippen molar-refractivity contribution in [3.8, 4) is 11.5 Å². The van der Waals surface area contributed by atoms with Crippen LogP contribution in [0.5, 0.6) is 11.5 Å². The normalized spacial score (nSPS) is 15.8. The molecule has 10 heteroatoms. The number of halogens is 1. The number of aliphatic carboxylic acids is 1. The highest BCUT2D eigenvalue weighted by Crippen LogP contribution is 2.36. The monoisotopic (exact) mass is 371 g/mol. The van der Waals surface area contributed by atoms with Gasteiger partial charge in [-0.15, -0.1) is 5.10 Å². The fraction of sp³-hybridized carbons (Fsp3) is 0.286. The van der Waals surface area contributed by atoms with Gasteiger partial charge in [0.25, 0.3) is 0 Å². The van der Waals surface area contributed by atoms with Gasteiger partial charge in [-0.3, -0.25) is 4.79 Å². The van der Waals surface area contributed by atoms with E-state index in [1.165, 1.54) is 18.0 Å². The van der Waals surface area contributed by atoms with Gasteiger partial charge in [0.2, 0.25) is 5.91 Å². The van der Waals surface area contributed by atoms with Gasteiger partial charge in [-0.25, -0.2) is 4.79 Å². The molecule has 2 rings (SSSR count). The summed E-state index contributed by atoms with van der Waals surface area (Å²) in [4.78, 5) is 21.7. The Labute approximate surface area is 146 Å². The summed E-state index contributed by atoms with van der Waals surface area (Å²) in [7, 11) is 0. The highest BCUT2D eigenvalue weighted by Gasteiger charge is 2.16. The van der Waals surface area contributed by atoms with Crippen LogP contribution in [0.2, 0.25) is 5.02 Å². The highest BCUT2D eigenvalue weighted by molar-refractivity contribution is 8.15. The number of amidine groups is 1. The summed E-state index contributed by atoms with van der Waals surface area (Å²) >= 11 is 7.38. The van der Waals surface area contributed by atoms with Crippen LogP contribution in [0.3, 0.4) is 0 Å². The molecule has 0 radical (unpaired) electrons. The maximum absolute atomic E-state index is 11.0. The summed E-state index contributed by atoms with van der Waals surface area (Å²) in [5, 5.41) is 19.6. The first-order valence-electron chi connectivity index (χ1n) is 6.84. The lowest BCUT2D eigenvalue weighted by molar-refractivity contribution is -0.139. The zero-order valence-electron chi connectivity index (χ0n) is 12.6. The third kappa shape index (κ3) is 5.14. The zero-order valence-corrected chi connectivity index (χ0v) is 14.2. The van der Waals surface area contributed by atoms with Gasteiger partial charge in [0.15, 0.2) is 23.3 Å². The molecule has 1 saturated heterocycles. The minimum atomic E-state index is -1.12. The van der Waals surface area contributed by atoms with Crippen LogP contribution in [0.15, 0.2) is 22.3 Å². The van der Waals surface area contributed by atoms with Crippen LogP contribution in [-0.4, -0.2) is 47.3 Å². The molecule has 24 heavy (non-hydrogen) atoms. The van der Waals surface area contributed by atoms with E-state index in [1.54, 1.807) is 19.1 Å². The van der Waals surface area contributed by atoms with Gasteiger partial charge in [-0.05, 0) is 19.1 Å². The Kier molecular flexibility index (Phi) is 6.44. The van der Waals surface area contributed by atoms with E-state index in [0.717, 1.165) is 0 Å². The van der Waals surface area contributed by atoms with Crippen LogP contribution >= 0.6 is 23.4 Å². The van der Waals surface area contributed by atoms with Crippen molar-refractivity contribution in [3.63, 3.8) is 0 Å². The maximum atomic E-state index is 11.0. The second kappa shape index (κ2) is 8.55. The minimum Gasteiger partial charge on any atom is -0.490 e. The van der Waals surface area contributed by atoms with Crippen LogP contribution < -0.4 is 14.8 Å². The molecule has 1 aromatic rings. The summed E-state index contributed by atoms with van der Waals surface area (Å²) in [6.45, 7) is 1.60. The number of thioether (sulfide) groups is 1. The van der Waals surface area contributed by atoms with E-state index in [1.807, 2.05) is 0 Å². The van der Waals surface area contributed by atoms with E-state index in [2.05, 4.69) is 15.5 Å². The van der Waals surface area contributed by atoms with Crippen molar-refractivity contribution in [1.29, 1.82) is 0 Å². The highest BCUT2D eigenvalue weighted by atomic mass is 35.5. The molecule has 1 aliphatic heterocycles. The maximum Gasteiger partial charge on any atom is 0.341 e. The van der Waals surface area contributed by atoms with Crippen molar-refractivity contribution >= 4 is 46.6 Å². The number of hydrogen-bond donors (Lipinski definition) is 2. The topological polar surface area (TPSA) is 110 Å². The Morgan fingerprint density at radius 2 is 2.29 bits per heavy atom. The fourth-order valence-electron chi connectivity index (χ4n) is 1.73. The smallest absolute Gasteiger partial charge is 0.341 e. The molecule has 0 bridgehead atoms. The number of ether oxygens (including phenoxy) is 2. The minimum absolute atomic E-state index is 0.115. The van der Waals surface area contributed by atoms with Gasteiger partial charge in [0.1, 0.15) is 0 Å². The van der Waals surface area contributed by atoms with Crippen molar-refractivity contribution in [1.82, 2.24) is 5.32 Å². The second-order valence-corrected chi connectivity index (χ2v) is 5.80. The van der Waals surface area contributed by atoms with Crippen LogP contribution in [0, 0.1) is 0 Å². The molecule has 1 aliphatic rings. The Morgan fingerprint density at radius 3 is 2.92 bits per heavy atom. The molecule has 2 N–H and O–H groups in total. The third-order valence-corrected chi connectivity index (χ3v) is 3.76. The summed E-state index contributed by atoms with van der Waals surface area (Å²) < 4.78 is 10.6. The number of nitrogens with one attached hydrogen (secondary N) is 1. The average Bonchev–Trinajstić information content (AvgIpc) is 2.92. The Bertz CT molecular complexity index is 708. The van der Waals surface area contributed by atoms with E-state index < -0.39 is 12.6 Å².